The van der Waals surface area contributed by atoms with E-state index in [2.05, 4.69) is 100 Å². The van der Waals surface area contributed by atoms with Crippen molar-refractivity contribution >= 4 is 32.3 Å². The molecule has 0 saturated carbocycles. The molecule has 0 saturated heterocycles. The first-order valence-corrected chi connectivity index (χ1v) is 22.8. The van der Waals surface area contributed by atoms with Crippen molar-refractivity contribution in [1.82, 2.24) is 0 Å². The molecule has 0 spiro atoms. The highest BCUT2D eigenvalue weighted by atomic mass is 29.2. The molecule has 0 amide bonds. The Hall–Kier alpha value is 0.568. The quantitative estimate of drug-likeness (QED) is 0.458. The summed E-state index contributed by atoms with van der Waals surface area (Å²) >= 11 is 0. The predicted molar refractivity (Wildman–Crippen MR) is 126 cm³/mol. The van der Waals surface area contributed by atoms with Gasteiger partial charge < -0.3 is 4.43 Å². The van der Waals surface area contributed by atoms with E-state index in [4.69, 9.17) is 4.43 Å². The zero-order valence-corrected chi connectivity index (χ0v) is 23.9. The van der Waals surface area contributed by atoms with E-state index in [0.29, 0.717) is 0 Å². The average Bonchev–Trinajstić information content (AvgIpc) is 2.13. The molecule has 0 N–H and O–H groups in total. The van der Waals surface area contributed by atoms with E-state index in [-0.39, 0.29) is 16.1 Å². The molecule has 1 heterocycles. The third kappa shape index (κ3) is 4.36. The van der Waals surface area contributed by atoms with Crippen LogP contribution in [-0.4, -0.2) is 37.5 Å². The van der Waals surface area contributed by atoms with Crippen LogP contribution in [-0.2, 0) is 4.43 Å². The van der Waals surface area contributed by atoms with Crippen LogP contribution in [0.15, 0.2) is 10.4 Å². The van der Waals surface area contributed by atoms with Gasteiger partial charge in [0.2, 0.25) is 0 Å². The van der Waals surface area contributed by atoms with E-state index in [0.717, 1.165) is 0 Å². The van der Waals surface area contributed by atoms with E-state index in [1.165, 1.54) is 0 Å². The van der Waals surface area contributed by atoms with Crippen molar-refractivity contribution in [1.29, 1.82) is 0 Å². The van der Waals surface area contributed by atoms with Crippen molar-refractivity contribution in [2.75, 3.05) is 0 Å². The maximum atomic E-state index is 7.31. The minimum atomic E-state index is -1.67. The topological polar surface area (TPSA) is 9.23 Å². The van der Waals surface area contributed by atoms with Crippen molar-refractivity contribution in [2.24, 2.45) is 10.8 Å². The molecule has 1 rings (SSSR count). The summed E-state index contributed by atoms with van der Waals surface area (Å²) in [5, 5.41) is 0.0144. The highest BCUT2D eigenvalue weighted by Crippen LogP contribution is 2.61. The largest absolute Gasteiger partial charge is 0.411 e. The lowest BCUT2D eigenvalue weighted by atomic mass is 9.73. The van der Waals surface area contributed by atoms with Gasteiger partial charge in [-0.1, -0.05) is 85.6 Å². The van der Waals surface area contributed by atoms with Crippen LogP contribution >= 0.6 is 0 Å². The van der Waals surface area contributed by atoms with Gasteiger partial charge in [-0.15, -0.1) is 0 Å². The summed E-state index contributed by atoms with van der Waals surface area (Å²) in [6.07, 6.45) is 0. The third-order valence-corrected chi connectivity index (χ3v) is 22.0. The molecule has 0 aliphatic carbocycles. The Labute approximate surface area is 163 Å². The van der Waals surface area contributed by atoms with Gasteiger partial charge in [0.05, 0.1) is 13.3 Å². The Morgan fingerprint density at radius 2 is 1.16 bits per heavy atom. The lowest BCUT2D eigenvalue weighted by Crippen LogP contribution is -2.80. The first-order valence-electron chi connectivity index (χ1n) is 9.91. The number of hydrogen-bond acceptors (Lipinski definition) is 1. The second kappa shape index (κ2) is 6.29. The van der Waals surface area contributed by atoms with Crippen LogP contribution in [0.1, 0.15) is 41.5 Å². The second-order valence-corrected chi connectivity index (χ2v) is 35.4. The maximum Gasteiger partial charge on any atom is 0.184 e. The van der Waals surface area contributed by atoms with E-state index in [1.807, 2.05) is 4.82 Å². The summed E-state index contributed by atoms with van der Waals surface area (Å²) in [6, 6.07) is 0. The first kappa shape index (κ1) is 23.6. The van der Waals surface area contributed by atoms with Crippen molar-refractivity contribution < 1.29 is 4.43 Å². The van der Waals surface area contributed by atoms with Crippen LogP contribution in [0.5, 0.6) is 0 Å². The second-order valence-electron chi connectivity index (χ2n) is 13.0. The van der Waals surface area contributed by atoms with Crippen LogP contribution in [0.3, 0.4) is 0 Å². The van der Waals surface area contributed by atoms with Crippen molar-refractivity contribution in [3.63, 3.8) is 0 Å². The van der Waals surface area contributed by atoms with E-state index < -0.39 is 32.3 Å². The van der Waals surface area contributed by atoms with Crippen LogP contribution in [0, 0.1) is 10.8 Å². The molecule has 0 bridgehead atoms. The molecule has 5 heteroatoms. The Bertz CT molecular complexity index is 545. The van der Waals surface area contributed by atoms with Crippen molar-refractivity contribution in [3.8, 4) is 0 Å². The Kier molecular flexibility index (Phi) is 5.94. The fraction of sp³-hybridized carbons (Fsp3) is 0.900. The van der Waals surface area contributed by atoms with Gasteiger partial charge in [0, 0.05) is 7.59 Å². The normalized spacial score (nSPS) is 24.6. The van der Waals surface area contributed by atoms with Crippen LogP contribution in [0.4, 0.5) is 0 Å². The zero-order valence-electron chi connectivity index (χ0n) is 19.9. The van der Waals surface area contributed by atoms with Gasteiger partial charge in [0.25, 0.3) is 0 Å². The van der Waals surface area contributed by atoms with Gasteiger partial charge in [0.15, 0.2) is 8.32 Å². The standard InChI is InChI=1S/C20H45OSi4/c1-18(2,3)16-17(23(7,8)9)22(25(13,14)15)20(16,19(4,5)6)21-24(10,11)12/h1-15H3. The van der Waals surface area contributed by atoms with Crippen LogP contribution < -0.4 is 0 Å². The van der Waals surface area contributed by atoms with Gasteiger partial charge in [-0.2, -0.15) is 0 Å². The SMILES string of the molecule is CC(C)(C)C1=C([Si](C)(C)C)[Si]([Si](C)(C)C)C1(O[Si](C)(C)C)C(C)(C)C. The molecule has 147 valence electrons. The van der Waals surface area contributed by atoms with E-state index in [1.54, 1.807) is 5.57 Å². The lowest BCUT2D eigenvalue weighted by molar-refractivity contribution is 0.0403. The summed E-state index contributed by atoms with van der Waals surface area (Å²) in [7, 11) is -5.06. The monoisotopic (exact) mass is 413 g/mol. The molecule has 1 aliphatic rings. The van der Waals surface area contributed by atoms with Gasteiger partial charge in [-0.05, 0) is 36.0 Å². The number of rotatable bonds is 4. The zero-order chi connectivity index (χ0) is 20.4. The highest BCUT2D eigenvalue weighted by molar-refractivity contribution is 7.40. The summed E-state index contributed by atoms with van der Waals surface area (Å²) in [5.74, 6) is 0. The minimum Gasteiger partial charge on any atom is -0.411 e. The summed E-state index contributed by atoms with van der Waals surface area (Å²) in [5.41, 5.74) is 2.06. The molecule has 0 aromatic heterocycles. The smallest absolute Gasteiger partial charge is 0.184 e. The third-order valence-electron chi connectivity index (χ3n) is 4.97. The van der Waals surface area contributed by atoms with Gasteiger partial charge in [0.1, 0.15) is 8.31 Å². The van der Waals surface area contributed by atoms with Crippen molar-refractivity contribution in [3.05, 3.63) is 10.4 Å². The van der Waals surface area contributed by atoms with Gasteiger partial charge in [-0.3, -0.25) is 0 Å². The fourth-order valence-corrected chi connectivity index (χ4v) is 30.9. The Morgan fingerprint density at radius 3 is 1.36 bits per heavy atom. The molecule has 25 heavy (non-hydrogen) atoms. The van der Waals surface area contributed by atoms with E-state index >= 15 is 0 Å². The number of hydrogen-bond donors (Lipinski definition) is 0. The average molecular weight is 414 g/mol. The molecule has 1 unspecified atom stereocenters. The molecule has 0 fully saturated rings. The van der Waals surface area contributed by atoms with Crippen LogP contribution in [0.2, 0.25) is 58.9 Å². The van der Waals surface area contributed by atoms with Crippen molar-refractivity contribution in [2.45, 2.75) is 106 Å². The Morgan fingerprint density at radius 1 is 0.760 bits per heavy atom. The predicted octanol–water partition coefficient (Wildman–Crippen LogP) is 6.85. The molecular formula is C20H45OSi4. The van der Waals surface area contributed by atoms with E-state index in [9.17, 15) is 0 Å². The molecule has 0 aromatic rings. The van der Waals surface area contributed by atoms with Gasteiger partial charge >= 0.3 is 0 Å². The summed E-state index contributed by atoms with van der Waals surface area (Å²) in [4.78, 5) is 1.94. The summed E-state index contributed by atoms with van der Waals surface area (Å²) in [6.45, 7) is 37.3. The molecule has 1 radical (unpaired) electrons. The highest BCUT2D eigenvalue weighted by Gasteiger charge is 2.69. The molecule has 1 aliphatic heterocycles. The molecule has 1 atom stereocenters. The Balaban J connectivity index is 3.98. The minimum absolute atomic E-state index is 0.0144. The fourth-order valence-electron chi connectivity index (χ4n) is 4.56. The maximum absolute atomic E-state index is 7.31. The lowest BCUT2D eigenvalue weighted by Gasteiger charge is -2.68. The molecule has 1 nitrogen and oxygen atoms in total. The summed E-state index contributed by atoms with van der Waals surface area (Å²) < 4.78 is 7.31. The molecular weight excluding hydrogens is 369 g/mol. The molecule has 0 aromatic carbocycles. The first-order chi connectivity index (χ1) is 10.6. The van der Waals surface area contributed by atoms with Crippen LogP contribution in [0.25, 0.3) is 0 Å². The van der Waals surface area contributed by atoms with Gasteiger partial charge in [-0.25, -0.2) is 0 Å².